The number of halogens is 1. The highest BCUT2D eigenvalue weighted by molar-refractivity contribution is 5.21. The van der Waals surface area contributed by atoms with E-state index in [1.54, 1.807) is 12.1 Å². The minimum absolute atomic E-state index is 0.0935. The van der Waals surface area contributed by atoms with Gasteiger partial charge in [0.1, 0.15) is 5.82 Å². The molecule has 0 aliphatic carbocycles. The van der Waals surface area contributed by atoms with Crippen LogP contribution >= 0.6 is 0 Å². The topological polar surface area (TPSA) is 12.0 Å². The van der Waals surface area contributed by atoms with Crippen LogP contribution in [0.4, 0.5) is 4.39 Å². The van der Waals surface area contributed by atoms with Gasteiger partial charge < -0.3 is 5.32 Å². The van der Waals surface area contributed by atoms with Gasteiger partial charge >= 0.3 is 0 Å². The molecule has 1 nitrogen and oxygen atoms in total. The fourth-order valence-corrected chi connectivity index (χ4v) is 2.59. The maximum atomic E-state index is 13.8. The molecule has 2 heteroatoms. The monoisotopic (exact) mass is 237 g/mol. The first-order valence-electron chi connectivity index (χ1n) is 6.66. The molecule has 0 saturated carbocycles. The number of hydrogen-bond acceptors (Lipinski definition) is 1. The molecule has 1 unspecified atom stereocenters. The Bertz CT molecular complexity index is 318. The Morgan fingerprint density at radius 3 is 2.18 bits per heavy atom. The summed E-state index contributed by atoms with van der Waals surface area (Å²) in [5.74, 6) is 0.427. The Hall–Kier alpha value is -0.890. The summed E-state index contributed by atoms with van der Waals surface area (Å²) in [5, 5.41) is 3.29. The molecule has 1 N–H and O–H groups in total. The van der Waals surface area contributed by atoms with Gasteiger partial charge in [-0.2, -0.15) is 0 Å². The van der Waals surface area contributed by atoms with Gasteiger partial charge in [-0.25, -0.2) is 4.39 Å². The van der Waals surface area contributed by atoms with E-state index in [1.807, 2.05) is 19.2 Å². The van der Waals surface area contributed by atoms with Crippen LogP contribution in [-0.4, -0.2) is 7.05 Å². The van der Waals surface area contributed by atoms with Gasteiger partial charge in [-0.15, -0.1) is 0 Å². The molecule has 1 rings (SSSR count). The van der Waals surface area contributed by atoms with E-state index in [-0.39, 0.29) is 11.9 Å². The summed E-state index contributed by atoms with van der Waals surface area (Å²) in [7, 11) is 1.93. The van der Waals surface area contributed by atoms with Crippen LogP contribution in [0.25, 0.3) is 0 Å². The lowest BCUT2D eigenvalue weighted by Crippen LogP contribution is -2.26. The van der Waals surface area contributed by atoms with Gasteiger partial charge in [0.05, 0.1) is 0 Å². The lowest BCUT2D eigenvalue weighted by atomic mass is 9.86. The van der Waals surface area contributed by atoms with E-state index in [4.69, 9.17) is 0 Å². The molecule has 0 aliphatic heterocycles. The Balaban J connectivity index is 2.91. The van der Waals surface area contributed by atoms with Gasteiger partial charge in [0, 0.05) is 11.6 Å². The van der Waals surface area contributed by atoms with Crippen LogP contribution in [0.1, 0.15) is 51.1 Å². The molecule has 0 heterocycles. The minimum Gasteiger partial charge on any atom is -0.313 e. The molecule has 0 aliphatic rings. The van der Waals surface area contributed by atoms with Gasteiger partial charge in [-0.3, -0.25) is 0 Å². The van der Waals surface area contributed by atoms with Crippen molar-refractivity contribution in [3.63, 3.8) is 0 Å². The molecule has 96 valence electrons. The van der Waals surface area contributed by atoms with E-state index >= 15 is 0 Å². The Morgan fingerprint density at radius 1 is 1.12 bits per heavy atom. The normalized spacial score (nSPS) is 13.0. The summed E-state index contributed by atoms with van der Waals surface area (Å²) in [5.41, 5.74) is 0.807. The first-order valence-corrected chi connectivity index (χ1v) is 6.66. The summed E-state index contributed by atoms with van der Waals surface area (Å²) < 4.78 is 13.8. The van der Waals surface area contributed by atoms with Crippen LogP contribution in [0, 0.1) is 11.7 Å². The number of nitrogens with one attached hydrogen (secondary N) is 1. The van der Waals surface area contributed by atoms with E-state index in [1.165, 1.54) is 0 Å². The summed E-state index contributed by atoms with van der Waals surface area (Å²) >= 11 is 0. The van der Waals surface area contributed by atoms with E-state index in [0.717, 1.165) is 31.2 Å². The van der Waals surface area contributed by atoms with Crippen LogP contribution in [0.3, 0.4) is 0 Å². The van der Waals surface area contributed by atoms with Gasteiger partial charge in [0.15, 0.2) is 0 Å². The molecule has 0 saturated heterocycles. The van der Waals surface area contributed by atoms with Crippen LogP contribution in [0.2, 0.25) is 0 Å². The first-order chi connectivity index (χ1) is 8.24. The Morgan fingerprint density at radius 2 is 1.71 bits per heavy atom. The average Bonchev–Trinajstić information content (AvgIpc) is 2.33. The van der Waals surface area contributed by atoms with Crippen molar-refractivity contribution in [2.45, 2.75) is 45.6 Å². The van der Waals surface area contributed by atoms with Crippen molar-refractivity contribution in [3.05, 3.63) is 35.6 Å². The zero-order chi connectivity index (χ0) is 12.7. The van der Waals surface area contributed by atoms with Crippen molar-refractivity contribution in [2.75, 3.05) is 7.05 Å². The second-order valence-corrected chi connectivity index (χ2v) is 4.63. The molecular formula is C15H24FN. The number of rotatable bonds is 7. The summed E-state index contributed by atoms with van der Waals surface area (Å²) in [4.78, 5) is 0. The van der Waals surface area contributed by atoms with Gasteiger partial charge in [0.25, 0.3) is 0 Å². The molecule has 17 heavy (non-hydrogen) atoms. The van der Waals surface area contributed by atoms with Crippen molar-refractivity contribution in [1.29, 1.82) is 0 Å². The van der Waals surface area contributed by atoms with Crippen molar-refractivity contribution >= 4 is 0 Å². The van der Waals surface area contributed by atoms with Crippen LogP contribution in [-0.2, 0) is 0 Å². The Kier molecular flexibility index (Phi) is 6.20. The second kappa shape index (κ2) is 7.44. The smallest absolute Gasteiger partial charge is 0.127 e. The van der Waals surface area contributed by atoms with E-state index in [2.05, 4.69) is 19.2 Å². The zero-order valence-corrected chi connectivity index (χ0v) is 11.2. The van der Waals surface area contributed by atoms with Gasteiger partial charge in [0.2, 0.25) is 0 Å². The minimum atomic E-state index is -0.0935. The largest absolute Gasteiger partial charge is 0.313 e. The van der Waals surface area contributed by atoms with Gasteiger partial charge in [-0.05, 0) is 31.9 Å². The quantitative estimate of drug-likeness (QED) is 0.745. The third-order valence-electron chi connectivity index (χ3n) is 3.34. The SMILES string of the molecule is CCCC(CCC)C(NC)c1ccccc1F. The van der Waals surface area contributed by atoms with Crippen molar-refractivity contribution in [3.8, 4) is 0 Å². The highest BCUT2D eigenvalue weighted by atomic mass is 19.1. The molecule has 0 spiro atoms. The third kappa shape index (κ3) is 3.81. The standard InChI is InChI=1S/C15H24FN/c1-4-8-12(9-5-2)15(17-3)13-10-6-7-11-14(13)16/h6-7,10-12,15,17H,4-5,8-9H2,1-3H3. The predicted molar refractivity (Wildman–Crippen MR) is 71.5 cm³/mol. The molecule has 0 fully saturated rings. The van der Waals surface area contributed by atoms with Crippen LogP contribution < -0.4 is 5.32 Å². The highest BCUT2D eigenvalue weighted by Crippen LogP contribution is 2.30. The summed E-state index contributed by atoms with van der Waals surface area (Å²) in [6.07, 6.45) is 4.59. The number of benzene rings is 1. The van der Waals surface area contributed by atoms with E-state index < -0.39 is 0 Å². The maximum Gasteiger partial charge on any atom is 0.127 e. The third-order valence-corrected chi connectivity index (χ3v) is 3.34. The van der Waals surface area contributed by atoms with Crippen LogP contribution in [0.5, 0.6) is 0 Å². The van der Waals surface area contributed by atoms with Crippen molar-refractivity contribution in [2.24, 2.45) is 5.92 Å². The second-order valence-electron chi connectivity index (χ2n) is 4.63. The lowest BCUT2D eigenvalue weighted by Gasteiger charge is -2.27. The fourth-order valence-electron chi connectivity index (χ4n) is 2.59. The number of hydrogen-bond donors (Lipinski definition) is 1. The van der Waals surface area contributed by atoms with Gasteiger partial charge in [-0.1, -0.05) is 44.9 Å². The zero-order valence-electron chi connectivity index (χ0n) is 11.2. The molecule has 0 amide bonds. The molecular weight excluding hydrogens is 213 g/mol. The molecule has 1 atom stereocenters. The van der Waals surface area contributed by atoms with Crippen LogP contribution in [0.15, 0.2) is 24.3 Å². The predicted octanol–water partition coefficient (Wildman–Crippen LogP) is 4.30. The summed E-state index contributed by atoms with van der Waals surface area (Å²) in [6, 6.07) is 7.25. The van der Waals surface area contributed by atoms with E-state index in [9.17, 15) is 4.39 Å². The van der Waals surface area contributed by atoms with Crippen molar-refractivity contribution < 1.29 is 4.39 Å². The lowest BCUT2D eigenvalue weighted by molar-refractivity contribution is 0.323. The first kappa shape index (κ1) is 14.2. The molecule has 1 aromatic carbocycles. The average molecular weight is 237 g/mol. The van der Waals surface area contributed by atoms with Crippen molar-refractivity contribution in [1.82, 2.24) is 5.32 Å². The molecule has 0 aromatic heterocycles. The molecule has 0 bridgehead atoms. The molecule has 1 aromatic rings. The fraction of sp³-hybridized carbons (Fsp3) is 0.600. The van der Waals surface area contributed by atoms with E-state index in [0.29, 0.717) is 5.92 Å². The highest BCUT2D eigenvalue weighted by Gasteiger charge is 2.22. The summed E-state index contributed by atoms with van der Waals surface area (Å²) in [6.45, 7) is 4.38. The maximum absolute atomic E-state index is 13.8. The molecule has 0 radical (unpaired) electrons. The Labute approximate surface area is 104 Å².